The zero-order valence-corrected chi connectivity index (χ0v) is 13.2. The van der Waals surface area contributed by atoms with Gasteiger partial charge in [0.15, 0.2) is 5.82 Å². The molecule has 1 aliphatic heterocycles. The topological polar surface area (TPSA) is 69.2 Å². The van der Waals surface area contributed by atoms with Crippen molar-refractivity contribution in [3.63, 3.8) is 0 Å². The molecular weight excluding hydrogens is 297 g/mol. The summed E-state index contributed by atoms with van der Waals surface area (Å²) in [6, 6.07) is 6.50. The van der Waals surface area contributed by atoms with E-state index in [1.807, 2.05) is 13.1 Å². The molecule has 120 valence electrons. The molecule has 6 nitrogen and oxygen atoms in total. The van der Waals surface area contributed by atoms with Gasteiger partial charge in [-0.1, -0.05) is 5.16 Å². The fourth-order valence-electron chi connectivity index (χ4n) is 2.80. The molecule has 1 aromatic carbocycles. The number of likely N-dealkylation sites (N-methyl/N-ethyl adjacent to an activating group) is 1. The Labute approximate surface area is 134 Å². The van der Waals surface area contributed by atoms with Gasteiger partial charge in [-0.25, -0.2) is 4.39 Å². The molecule has 0 amide bonds. The highest BCUT2D eigenvalue weighted by Crippen LogP contribution is 2.24. The number of nitriles is 1. The van der Waals surface area contributed by atoms with Crippen LogP contribution in [0.15, 0.2) is 22.7 Å². The first-order valence-corrected chi connectivity index (χ1v) is 7.48. The third-order valence-electron chi connectivity index (χ3n) is 4.13. The van der Waals surface area contributed by atoms with Crippen LogP contribution in [0, 0.1) is 24.1 Å². The van der Waals surface area contributed by atoms with Crippen molar-refractivity contribution in [3.8, 4) is 6.07 Å². The third kappa shape index (κ3) is 3.38. The van der Waals surface area contributed by atoms with E-state index < -0.39 is 0 Å². The summed E-state index contributed by atoms with van der Waals surface area (Å²) < 4.78 is 19.3. The summed E-state index contributed by atoms with van der Waals surface area (Å²) in [6.45, 7) is 4.56. The van der Waals surface area contributed by atoms with Crippen LogP contribution in [0.2, 0.25) is 0 Å². The van der Waals surface area contributed by atoms with Crippen LogP contribution in [-0.2, 0) is 6.54 Å². The molecule has 0 spiro atoms. The van der Waals surface area contributed by atoms with Crippen molar-refractivity contribution < 1.29 is 8.91 Å². The van der Waals surface area contributed by atoms with Crippen molar-refractivity contribution in [3.05, 3.63) is 46.9 Å². The molecule has 2 aromatic rings. The van der Waals surface area contributed by atoms with Gasteiger partial charge in [-0.05, 0) is 32.2 Å². The average Bonchev–Trinajstić information content (AvgIpc) is 2.97. The molecular formula is C16H18FN5O. The predicted molar refractivity (Wildman–Crippen MR) is 80.8 cm³/mol. The SMILES string of the molecule is Cc1noc(C2CN(Cc3cc(C#N)ccc3F)CCN2C)n1. The van der Waals surface area contributed by atoms with Gasteiger partial charge in [-0.2, -0.15) is 10.2 Å². The summed E-state index contributed by atoms with van der Waals surface area (Å²) in [5, 5.41) is 12.8. The summed E-state index contributed by atoms with van der Waals surface area (Å²) >= 11 is 0. The first-order valence-electron chi connectivity index (χ1n) is 7.48. The Balaban J connectivity index is 1.75. The van der Waals surface area contributed by atoms with E-state index in [-0.39, 0.29) is 11.9 Å². The van der Waals surface area contributed by atoms with Gasteiger partial charge in [0, 0.05) is 31.7 Å². The smallest absolute Gasteiger partial charge is 0.245 e. The molecule has 0 N–H and O–H groups in total. The first kappa shape index (κ1) is 15.6. The Hall–Kier alpha value is -2.30. The van der Waals surface area contributed by atoms with Gasteiger partial charge in [0.05, 0.1) is 11.6 Å². The number of nitrogens with zero attached hydrogens (tertiary/aromatic N) is 5. The Morgan fingerprint density at radius 3 is 2.96 bits per heavy atom. The van der Waals surface area contributed by atoms with Gasteiger partial charge in [0.1, 0.15) is 11.9 Å². The van der Waals surface area contributed by atoms with E-state index in [1.165, 1.54) is 12.1 Å². The number of piperazine rings is 1. The highest BCUT2D eigenvalue weighted by molar-refractivity contribution is 5.33. The Morgan fingerprint density at radius 1 is 1.43 bits per heavy atom. The Kier molecular flexibility index (Phi) is 4.37. The summed E-state index contributed by atoms with van der Waals surface area (Å²) in [5.41, 5.74) is 1.01. The van der Waals surface area contributed by atoms with Crippen LogP contribution in [-0.4, -0.2) is 46.6 Å². The molecule has 1 unspecified atom stereocenters. The van der Waals surface area contributed by atoms with Crippen molar-refractivity contribution in [2.75, 3.05) is 26.7 Å². The van der Waals surface area contributed by atoms with E-state index in [0.717, 1.165) is 13.1 Å². The number of hydrogen-bond donors (Lipinski definition) is 0. The Morgan fingerprint density at radius 2 is 2.26 bits per heavy atom. The number of benzene rings is 1. The third-order valence-corrected chi connectivity index (χ3v) is 4.13. The molecule has 0 aliphatic carbocycles. The van der Waals surface area contributed by atoms with Crippen molar-refractivity contribution in [1.82, 2.24) is 19.9 Å². The largest absolute Gasteiger partial charge is 0.338 e. The van der Waals surface area contributed by atoms with E-state index in [1.54, 1.807) is 13.0 Å². The van der Waals surface area contributed by atoms with Gasteiger partial charge in [0.2, 0.25) is 5.89 Å². The van der Waals surface area contributed by atoms with Crippen LogP contribution in [0.3, 0.4) is 0 Å². The zero-order valence-electron chi connectivity index (χ0n) is 13.2. The second-order valence-electron chi connectivity index (χ2n) is 5.83. The first-order chi connectivity index (χ1) is 11.1. The maximum absolute atomic E-state index is 14.0. The second-order valence-corrected chi connectivity index (χ2v) is 5.83. The lowest BCUT2D eigenvalue weighted by Gasteiger charge is -2.37. The fourth-order valence-corrected chi connectivity index (χ4v) is 2.80. The lowest BCUT2D eigenvalue weighted by molar-refractivity contribution is 0.0708. The number of halogens is 1. The molecule has 1 atom stereocenters. The van der Waals surface area contributed by atoms with Crippen molar-refractivity contribution in [2.45, 2.75) is 19.5 Å². The average molecular weight is 315 g/mol. The molecule has 2 heterocycles. The fraction of sp³-hybridized carbons (Fsp3) is 0.438. The van der Waals surface area contributed by atoms with E-state index in [0.29, 0.717) is 35.9 Å². The lowest BCUT2D eigenvalue weighted by atomic mass is 10.1. The molecule has 1 saturated heterocycles. The Bertz CT molecular complexity index is 738. The van der Waals surface area contributed by atoms with Crippen LogP contribution in [0.5, 0.6) is 0 Å². The predicted octanol–water partition coefficient (Wildman–Crippen LogP) is 1.88. The van der Waals surface area contributed by atoms with Gasteiger partial charge >= 0.3 is 0 Å². The molecule has 3 rings (SSSR count). The number of rotatable bonds is 3. The molecule has 1 aliphatic rings. The summed E-state index contributed by atoms with van der Waals surface area (Å²) in [5.74, 6) is 0.910. The van der Waals surface area contributed by atoms with Crippen LogP contribution in [0.1, 0.15) is 28.9 Å². The molecule has 23 heavy (non-hydrogen) atoms. The molecule has 0 radical (unpaired) electrons. The van der Waals surface area contributed by atoms with Crippen LogP contribution in [0.4, 0.5) is 4.39 Å². The lowest BCUT2D eigenvalue weighted by Crippen LogP contribution is -2.46. The zero-order chi connectivity index (χ0) is 16.4. The maximum Gasteiger partial charge on any atom is 0.245 e. The van der Waals surface area contributed by atoms with E-state index in [4.69, 9.17) is 9.78 Å². The molecule has 1 aromatic heterocycles. The molecule has 0 saturated carbocycles. The normalized spacial score (nSPS) is 19.7. The van der Waals surface area contributed by atoms with E-state index in [2.05, 4.69) is 19.9 Å². The molecule has 0 bridgehead atoms. The highest BCUT2D eigenvalue weighted by atomic mass is 19.1. The molecule has 7 heteroatoms. The number of hydrogen-bond acceptors (Lipinski definition) is 6. The van der Waals surface area contributed by atoms with Crippen LogP contribution in [0.25, 0.3) is 0 Å². The second kappa shape index (κ2) is 6.44. The summed E-state index contributed by atoms with van der Waals surface area (Å²) in [6.07, 6.45) is 0. The minimum Gasteiger partial charge on any atom is -0.338 e. The van der Waals surface area contributed by atoms with Crippen LogP contribution < -0.4 is 0 Å². The van der Waals surface area contributed by atoms with E-state index >= 15 is 0 Å². The summed E-state index contributed by atoms with van der Waals surface area (Å²) in [7, 11) is 2.01. The molecule has 1 fully saturated rings. The van der Waals surface area contributed by atoms with Gasteiger partial charge in [0.25, 0.3) is 0 Å². The van der Waals surface area contributed by atoms with Crippen molar-refractivity contribution in [1.29, 1.82) is 5.26 Å². The van der Waals surface area contributed by atoms with Gasteiger partial charge < -0.3 is 4.52 Å². The van der Waals surface area contributed by atoms with Crippen molar-refractivity contribution >= 4 is 0 Å². The summed E-state index contributed by atoms with van der Waals surface area (Å²) in [4.78, 5) is 8.61. The highest BCUT2D eigenvalue weighted by Gasteiger charge is 2.30. The minimum absolute atomic E-state index is 0.00726. The number of aromatic nitrogens is 2. The number of aryl methyl sites for hydroxylation is 1. The van der Waals surface area contributed by atoms with Crippen LogP contribution >= 0.6 is 0 Å². The monoisotopic (exact) mass is 315 g/mol. The van der Waals surface area contributed by atoms with Gasteiger partial charge in [-0.3, -0.25) is 9.80 Å². The maximum atomic E-state index is 14.0. The van der Waals surface area contributed by atoms with Crippen molar-refractivity contribution in [2.24, 2.45) is 0 Å². The minimum atomic E-state index is -0.284. The van der Waals surface area contributed by atoms with Gasteiger partial charge in [-0.15, -0.1) is 0 Å². The standard InChI is InChI=1S/C16H18FN5O/c1-11-19-16(23-20-11)15-10-22(6-5-21(15)2)9-13-7-12(8-18)3-4-14(13)17/h3-4,7,15H,5-6,9-10H2,1-2H3. The quantitative estimate of drug-likeness (QED) is 0.861. The van der Waals surface area contributed by atoms with E-state index in [9.17, 15) is 4.39 Å².